The summed E-state index contributed by atoms with van der Waals surface area (Å²) < 4.78 is 1.59. The summed E-state index contributed by atoms with van der Waals surface area (Å²) in [5.74, 6) is 0. The van der Waals surface area contributed by atoms with E-state index in [0.29, 0.717) is 0 Å². The highest BCUT2D eigenvalue weighted by Crippen LogP contribution is 2.30. The van der Waals surface area contributed by atoms with E-state index in [1.54, 1.807) is 6.20 Å². The van der Waals surface area contributed by atoms with Crippen LogP contribution >= 0.6 is 31.9 Å². The third kappa shape index (κ3) is 3.06. The van der Waals surface area contributed by atoms with E-state index in [2.05, 4.69) is 55.9 Å². The van der Waals surface area contributed by atoms with Gasteiger partial charge in [-0.25, -0.2) is 15.0 Å². The van der Waals surface area contributed by atoms with Gasteiger partial charge in [0.05, 0.1) is 15.9 Å². The molecule has 2 aromatic heterocycles. The van der Waals surface area contributed by atoms with Gasteiger partial charge in [0, 0.05) is 11.8 Å². The van der Waals surface area contributed by atoms with Crippen LogP contribution in [-0.4, -0.2) is 15.0 Å². The lowest BCUT2D eigenvalue weighted by molar-refractivity contribution is 0.778. The number of nitrogens with zero attached hydrogens (tertiary/aromatic N) is 3. The van der Waals surface area contributed by atoms with Crippen LogP contribution in [0.2, 0.25) is 0 Å². The molecule has 1 aromatic carbocycles. The van der Waals surface area contributed by atoms with Crippen molar-refractivity contribution in [1.29, 1.82) is 0 Å². The number of aromatic nitrogens is 3. The summed E-state index contributed by atoms with van der Waals surface area (Å²) in [5.41, 5.74) is 4.72. The minimum absolute atomic E-state index is 0.720. The number of hydrogen-bond acceptors (Lipinski definition) is 3. The lowest BCUT2D eigenvalue weighted by Crippen LogP contribution is -2.01. The maximum atomic E-state index is 4.87. The van der Waals surface area contributed by atoms with Crippen molar-refractivity contribution in [3.8, 4) is 11.3 Å². The molecule has 0 fully saturated rings. The molecule has 2 heterocycles. The Hall–Kier alpha value is -1.33. The quantitative estimate of drug-likeness (QED) is 0.518. The first kappa shape index (κ1) is 15.6. The smallest absolute Gasteiger partial charge is 0.133 e. The van der Waals surface area contributed by atoms with Crippen molar-refractivity contribution in [2.45, 2.75) is 26.2 Å². The highest BCUT2D eigenvalue weighted by molar-refractivity contribution is 9.11. The third-order valence-electron chi connectivity index (χ3n) is 3.50. The van der Waals surface area contributed by atoms with Crippen molar-refractivity contribution in [2.75, 3.05) is 0 Å². The molecule has 0 amide bonds. The largest absolute Gasteiger partial charge is 0.248 e. The van der Waals surface area contributed by atoms with Crippen LogP contribution in [0.5, 0.6) is 0 Å². The molecule has 0 N–H and O–H groups in total. The lowest BCUT2D eigenvalue weighted by Gasteiger charge is -2.11. The molecule has 3 nitrogen and oxygen atoms in total. The van der Waals surface area contributed by atoms with Gasteiger partial charge >= 0.3 is 0 Å². The fraction of sp³-hybridized carbons (Fsp3) is 0.235. The Bertz CT molecular complexity index is 804. The lowest BCUT2D eigenvalue weighted by atomic mass is 10.1. The molecule has 0 atom stereocenters. The number of rotatable bonds is 4. The molecule has 0 saturated carbocycles. The zero-order valence-corrected chi connectivity index (χ0v) is 15.4. The van der Waals surface area contributed by atoms with E-state index in [1.165, 1.54) is 0 Å². The van der Waals surface area contributed by atoms with Crippen LogP contribution in [0.1, 0.15) is 25.5 Å². The summed E-state index contributed by atoms with van der Waals surface area (Å²) in [6.07, 6.45) is 4.92. The van der Waals surface area contributed by atoms with E-state index >= 15 is 0 Å². The van der Waals surface area contributed by atoms with Gasteiger partial charge in [-0.1, -0.05) is 43.7 Å². The van der Waals surface area contributed by atoms with E-state index in [4.69, 9.17) is 9.97 Å². The molecule has 0 saturated heterocycles. The van der Waals surface area contributed by atoms with E-state index in [9.17, 15) is 0 Å². The SMILES string of the molecule is CCCCc1nc2c(Br)cnc(Br)c2nc1-c1ccccc1. The minimum Gasteiger partial charge on any atom is -0.248 e. The molecule has 5 heteroatoms. The van der Waals surface area contributed by atoms with Crippen LogP contribution in [0.3, 0.4) is 0 Å². The number of hydrogen-bond donors (Lipinski definition) is 0. The zero-order valence-electron chi connectivity index (χ0n) is 12.2. The Morgan fingerprint density at radius 1 is 1.00 bits per heavy atom. The van der Waals surface area contributed by atoms with Crippen molar-refractivity contribution in [1.82, 2.24) is 15.0 Å². The molecule has 0 bridgehead atoms. The second kappa shape index (κ2) is 6.84. The first-order valence-electron chi connectivity index (χ1n) is 7.26. The van der Waals surface area contributed by atoms with Gasteiger partial charge in [-0.15, -0.1) is 0 Å². The number of fused-ring (bicyclic) bond motifs is 1. The monoisotopic (exact) mass is 419 g/mol. The maximum Gasteiger partial charge on any atom is 0.133 e. The average molecular weight is 421 g/mol. The summed E-state index contributed by atoms with van der Waals surface area (Å²) >= 11 is 7.01. The molecule has 0 unspecified atom stereocenters. The summed E-state index contributed by atoms with van der Waals surface area (Å²) in [5, 5.41) is 0. The van der Waals surface area contributed by atoms with Crippen molar-refractivity contribution in [3.05, 3.63) is 51.3 Å². The van der Waals surface area contributed by atoms with E-state index in [0.717, 1.165) is 56.3 Å². The zero-order chi connectivity index (χ0) is 15.5. The van der Waals surface area contributed by atoms with Crippen LogP contribution in [0.25, 0.3) is 22.3 Å². The summed E-state index contributed by atoms with van der Waals surface area (Å²) in [6, 6.07) is 10.2. The van der Waals surface area contributed by atoms with Gasteiger partial charge in [0.15, 0.2) is 0 Å². The predicted octanol–water partition coefficient (Wildman–Crippen LogP) is 5.56. The molecular formula is C17H15Br2N3. The topological polar surface area (TPSA) is 38.7 Å². The highest BCUT2D eigenvalue weighted by atomic mass is 79.9. The number of pyridine rings is 1. The van der Waals surface area contributed by atoms with E-state index in [1.807, 2.05) is 18.2 Å². The second-order valence-electron chi connectivity index (χ2n) is 5.08. The second-order valence-corrected chi connectivity index (χ2v) is 6.69. The van der Waals surface area contributed by atoms with Crippen molar-refractivity contribution >= 4 is 42.9 Å². The molecule has 3 rings (SSSR count). The minimum atomic E-state index is 0.720. The number of halogens is 2. The van der Waals surface area contributed by atoms with Crippen LogP contribution in [0.15, 0.2) is 45.6 Å². The Labute approximate surface area is 146 Å². The Kier molecular flexibility index (Phi) is 4.84. The standard InChI is InChI=1S/C17H15Br2N3/c1-2-3-9-13-14(11-7-5-4-6-8-11)22-16-15(21-13)12(18)10-20-17(16)19/h4-8,10H,2-3,9H2,1H3. The van der Waals surface area contributed by atoms with Gasteiger partial charge in [-0.3, -0.25) is 0 Å². The van der Waals surface area contributed by atoms with Crippen molar-refractivity contribution in [2.24, 2.45) is 0 Å². The Balaban J connectivity index is 2.26. The van der Waals surface area contributed by atoms with Gasteiger partial charge in [-0.2, -0.15) is 0 Å². The third-order valence-corrected chi connectivity index (χ3v) is 4.66. The molecule has 0 aliphatic rings. The van der Waals surface area contributed by atoms with Gasteiger partial charge in [0.2, 0.25) is 0 Å². The number of benzene rings is 1. The normalized spacial score (nSPS) is 11.0. The first-order chi connectivity index (χ1) is 10.7. The average Bonchev–Trinajstić information content (AvgIpc) is 2.56. The molecule has 0 spiro atoms. The number of unbranched alkanes of at least 4 members (excludes halogenated alkanes) is 1. The van der Waals surface area contributed by atoms with Crippen LogP contribution in [0.4, 0.5) is 0 Å². The number of aryl methyl sites for hydroxylation is 1. The predicted molar refractivity (Wildman–Crippen MR) is 96.8 cm³/mol. The van der Waals surface area contributed by atoms with E-state index < -0.39 is 0 Å². The van der Waals surface area contributed by atoms with Gasteiger partial charge < -0.3 is 0 Å². The molecule has 22 heavy (non-hydrogen) atoms. The molecule has 0 aliphatic carbocycles. The van der Waals surface area contributed by atoms with Crippen molar-refractivity contribution < 1.29 is 0 Å². The fourth-order valence-corrected chi connectivity index (χ4v) is 3.12. The van der Waals surface area contributed by atoms with Crippen LogP contribution in [-0.2, 0) is 6.42 Å². The Morgan fingerprint density at radius 2 is 1.77 bits per heavy atom. The molecular weight excluding hydrogens is 406 g/mol. The Morgan fingerprint density at radius 3 is 2.50 bits per heavy atom. The molecule has 0 radical (unpaired) electrons. The van der Waals surface area contributed by atoms with Gasteiger partial charge in [0.1, 0.15) is 15.6 Å². The molecule has 0 aliphatic heterocycles. The molecule has 3 aromatic rings. The summed E-state index contributed by atoms with van der Waals surface area (Å²) in [7, 11) is 0. The summed E-state index contributed by atoms with van der Waals surface area (Å²) in [4.78, 5) is 14.0. The summed E-state index contributed by atoms with van der Waals surface area (Å²) in [6.45, 7) is 2.19. The van der Waals surface area contributed by atoms with Gasteiger partial charge in [-0.05, 0) is 44.7 Å². The van der Waals surface area contributed by atoms with Crippen LogP contribution < -0.4 is 0 Å². The first-order valence-corrected chi connectivity index (χ1v) is 8.85. The van der Waals surface area contributed by atoms with Crippen LogP contribution in [0, 0.1) is 0 Å². The fourth-order valence-electron chi connectivity index (χ4n) is 2.36. The van der Waals surface area contributed by atoms with Gasteiger partial charge in [0.25, 0.3) is 0 Å². The highest BCUT2D eigenvalue weighted by Gasteiger charge is 2.14. The van der Waals surface area contributed by atoms with Crippen molar-refractivity contribution in [3.63, 3.8) is 0 Å². The maximum absolute atomic E-state index is 4.87. The molecule has 112 valence electrons. The van der Waals surface area contributed by atoms with E-state index in [-0.39, 0.29) is 0 Å².